The van der Waals surface area contributed by atoms with Gasteiger partial charge >= 0.3 is 0 Å². The second-order valence-corrected chi connectivity index (χ2v) is 4.83. The van der Waals surface area contributed by atoms with Crippen LogP contribution in [0.1, 0.15) is 47.0 Å². The van der Waals surface area contributed by atoms with Crippen molar-refractivity contribution in [1.29, 1.82) is 0 Å². The van der Waals surface area contributed by atoms with E-state index < -0.39 is 0 Å². The van der Waals surface area contributed by atoms with Crippen molar-refractivity contribution in [2.24, 2.45) is 5.73 Å². The van der Waals surface area contributed by atoms with Gasteiger partial charge in [-0.15, -0.1) is 0 Å². The second kappa shape index (κ2) is 5.61. The number of hydrogen-bond donors (Lipinski definition) is 1. The molecule has 13 heavy (non-hydrogen) atoms. The summed E-state index contributed by atoms with van der Waals surface area (Å²) in [6.07, 6.45) is 3.53. The minimum atomic E-state index is -0.00368. The summed E-state index contributed by atoms with van der Waals surface area (Å²) in [7, 11) is 2.19. The van der Waals surface area contributed by atoms with Crippen molar-refractivity contribution in [3.05, 3.63) is 0 Å². The van der Waals surface area contributed by atoms with Gasteiger partial charge in [0.05, 0.1) is 0 Å². The molecular weight excluding hydrogens is 160 g/mol. The molecule has 0 amide bonds. The van der Waals surface area contributed by atoms with Gasteiger partial charge in [-0.25, -0.2) is 0 Å². The smallest absolute Gasteiger partial charge is 0.00975 e. The second-order valence-electron chi connectivity index (χ2n) is 4.83. The lowest BCUT2D eigenvalue weighted by Crippen LogP contribution is -2.34. The van der Waals surface area contributed by atoms with Crippen LogP contribution in [0, 0.1) is 0 Å². The summed E-state index contributed by atoms with van der Waals surface area (Å²) in [6, 6.07) is 0.695. The zero-order valence-corrected chi connectivity index (χ0v) is 9.93. The zero-order chi connectivity index (χ0) is 10.5. The summed E-state index contributed by atoms with van der Waals surface area (Å²) < 4.78 is 0. The van der Waals surface area contributed by atoms with Crippen LogP contribution in [0.4, 0.5) is 0 Å². The van der Waals surface area contributed by atoms with E-state index in [4.69, 9.17) is 5.73 Å². The first-order chi connectivity index (χ1) is 5.87. The predicted octanol–water partition coefficient (Wildman–Crippen LogP) is 2.23. The molecule has 80 valence electrons. The molecule has 2 N–H and O–H groups in total. The Bertz CT molecular complexity index is 127. The van der Waals surface area contributed by atoms with E-state index in [-0.39, 0.29) is 5.54 Å². The Morgan fingerprint density at radius 3 is 2.31 bits per heavy atom. The Hall–Kier alpha value is -0.0800. The number of nitrogens with two attached hydrogens (primary N) is 1. The van der Waals surface area contributed by atoms with Crippen molar-refractivity contribution in [2.45, 2.75) is 58.5 Å². The number of hydrogen-bond acceptors (Lipinski definition) is 2. The number of nitrogens with zero attached hydrogens (tertiary/aromatic N) is 1. The monoisotopic (exact) mass is 186 g/mol. The third-order valence-corrected chi connectivity index (χ3v) is 2.68. The van der Waals surface area contributed by atoms with E-state index in [1.807, 2.05) is 0 Å². The summed E-state index contributed by atoms with van der Waals surface area (Å²) >= 11 is 0. The molecule has 2 heteroatoms. The van der Waals surface area contributed by atoms with E-state index in [1.165, 1.54) is 12.8 Å². The molecule has 0 aliphatic rings. The van der Waals surface area contributed by atoms with Gasteiger partial charge in [0.25, 0.3) is 0 Å². The fourth-order valence-corrected chi connectivity index (χ4v) is 1.32. The molecule has 0 aromatic carbocycles. The van der Waals surface area contributed by atoms with E-state index in [2.05, 4.69) is 39.6 Å². The molecule has 0 aliphatic carbocycles. The maximum absolute atomic E-state index is 5.91. The van der Waals surface area contributed by atoms with Crippen LogP contribution >= 0.6 is 0 Å². The Morgan fingerprint density at radius 1 is 1.38 bits per heavy atom. The van der Waals surface area contributed by atoms with Gasteiger partial charge in [0, 0.05) is 11.6 Å². The lowest BCUT2D eigenvalue weighted by molar-refractivity contribution is 0.240. The van der Waals surface area contributed by atoms with Crippen molar-refractivity contribution in [3.63, 3.8) is 0 Å². The molecule has 0 heterocycles. The molecule has 0 aliphatic heterocycles. The van der Waals surface area contributed by atoms with Crippen molar-refractivity contribution < 1.29 is 0 Å². The SMILES string of the molecule is CCC(C)N(C)CCCC(C)(C)N. The van der Waals surface area contributed by atoms with Crippen LogP contribution in [0.15, 0.2) is 0 Å². The first kappa shape index (κ1) is 12.9. The molecule has 0 bridgehead atoms. The lowest BCUT2D eigenvalue weighted by atomic mass is 10.00. The first-order valence-electron chi connectivity index (χ1n) is 5.36. The molecule has 0 saturated heterocycles. The van der Waals surface area contributed by atoms with Gasteiger partial charge in [-0.05, 0) is 53.6 Å². The normalized spacial score (nSPS) is 15.0. The Balaban J connectivity index is 3.53. The number of rotatable bonds is 6. The molecule has 0 aromatic heterocycles. The first-order valence-corrected chi connectivity index (χ1v) is 5.36. The van der Waals surface area contributed by atoms with Crippen LogP contribution in [0.5, 0.6) is 0 Å². The standard InChI is InChI=1S/C11H26N2/c1-6-10(2)13(5)9-7-8-11(3,4)12/h10H,6-9,12H2,1-5H3. The van der Waals surface area contributed by atoms with Gasteiger partial charge in [-0.3, -0.25) is 0 Å². The zero-order valence-electron chi connectivity index (χ0n) is 9.93. The molecule has 0 rings (SSSR count). The molecular formula is C11H26N2. The summed E-state index contributed by atoms with van der Waals surface area (Å²) in [5, 5.41) is 0. The average Bonchev–Trinajstić information content (AvgIpc) is 2.00. The maximum Gasteiger partial charge on any atom is 0.00975 e. The third kappa shape index (κ3) is 7.03. The molecule has 2 nitrogen and oxygen atoms in total. The summed E-state index contributed by atoms with van der Waals surface area (Å²) in [4.78, 5) is 2.41. The van der Waals surface area contributed by atoms with Crippen LogP contribution in [-0.4, -0.2) is 30.1 Å². The van der Waals surface area contributed by atoms with Crippen LogP contribution < -0.4 is 5.73 Å². The van der Waals surface area contributed by atoms with Gasteiger partial charge in [0.1, 0.15) is 0 Å². The quantitative estimate of drug-likeness (QED) is 0.689. The van der Waals surface area contributed by atoms with E-state index >= 15 is 0 Å². The van der Waals surface area contributed by atoms with Crippen LogP contribution in [-0.2, 0) is 0 Å². The van der Waals surface area contributed by atoms with E-state index in [0.29, 0.717) is 6.04 Å². The molecule has 1 unspecified atom stereocenters. The van der Waals surface area contributed by atoms with Gasteiger partial charge in [-0.2, -0.15) is 0 Å². The topological polar surface area (TPSA) is 29.3 Å². The van der Waals surface area contributed by atoms with Crippen molar-refractivity contribution in [1.82, 2.24) is 4.90 Å². The fraction of sp³-hybridized carbons (Fsp3) is 1.00. The van der Waals surface area contributed by atoms with Crippen molar-refractivity contribution >= 4 is 0 Å². The van der Waals surface area contributed by atoms with Crippen LogP contribution in [0.3, 0.4) is 0 Å². The summed E-state index contributed by atoms with van der Waals surface area (Å²) in [5.74, 6) is 0. The molecule has 0 fully saturated rings. The third-order valence-electron chi connectivity index (χ3n) is 2.68. The molecule has 0 radical (unpaired) electrons. The minimum Gasteiger partial charge on any atom is -0.326 e. The summed E-state index contributed by atoms with van der Waals surface area (Å²) in [6.45, 7) is 9.85. The van der Waals surface area contributed by atoms with Crippen LogP contribution in [0.2, 0.25) is 0 Å². The van der Waals surface area contributed by atoms with Crippen LogP contribution in [0.25, 0.3) is 0 Å². The molecule has 0 spiro atoms. The minimum absolute atomic E-state index is 0.00368. The van der Waals surface area contributed by atoms with E-state index in [9.17, 15) is 0 Å². The highest BCUT2D eigenvalue weighted by Crippen LogP contribution is 2.09. The Labute approximate surface area is 83.5 Å². The van der Waals surface area contributed by atoms with Crippen molar-refractivity contribution in [3.8, 4) is 0 Å². The predicted molar refractivity (Wildman–Crippen MR) is 59.9 cm³/mol. The highest BCUT2D eigenvalue weighted by molar-refractivity contribution is 4.72. The van der Waals surface area contributed by atoms with Gasteiger partial charge < -0.3 is 10.6 Å². The van der Waals surface area contributed by atoms with E-state index in [0.717, 1.165) is 13.0 Å². The molecule has 1 atom stereocenters. The van der Waals surface area contributed by atoms with Crippen molar-refractivity contribution in [2.75, 3.05) is 13.6 Å². The highest BCUT2D eigenvalue weighted by atomic mass is 15.1. The lowest BCUT2D eigenvalue weighted by Gasteiger charge is -2.25. The Kier molecular flexibility index (Phi) is 5.57. The van der Waals surface area contributed by atoms with Gasteiger partial charge in [0.15, 0.2) is 0 Å². The van der Waals surface area contributed by atoms with Gasteiger partial charge in [0.2, 0.25) is 0 Å². The average molecular weight is 186 g/mol. The van der Waals surface area contributed by atoms with Gasteiger partial charge in [-0.1, -0.05) is 6.92 Å². The maximum atomic E-state index is 5.91. The fourth-order valence-electron chi connectivity index (χ4n) is 1.32. The Morgan fingerprint density at radius 2 is 1.92 bits per heavy atom. The summed E-state index contributed by atoms with van der Waals surface area (Å²) in [5.41, 5.74) is 5.91. The largest absolute Gasteiger partial charge is 0.326 e. The molecule has 0 aromatic rings. The highest BCUT2D eigenvalue weighted by Gasteiger charge is 2.11. The van der Waals surface area contributed by atoms with E-state index in [1.54, 1.807) is 0 Å². The molecule has 0 saturated carbocycles.